The highest BCUT2D eigenvalue weighted by molar-refractivity contribution is 5.40. The van der Waals surface area contributed by atoms with Crippen LogP contribution in [0.2, 0.25) is 0 Å². The quantitative estimate of drug-likeness (QED) is 0.774. The molecule has 0 aliphatic rings. The van der Waals surface area contributed by atoms with Crippen molar-refractivity contribution in [1.29, 1.82) is 0 Å². The monoisotopic (exact) mass is 192 g/mol. The first-order chi connectivity index (χ1) is 6.68. The lowest BCUT2D eigenvalue weighted by atomic mass is 10.0. The summed E-state index contributed by atoms with van der Waals surface area (Å²) in [6, 6.07) is 4.54. The third kappa shape index (κ3) is 4.26. The van der Waals surface area contributed by atoms with Crippen molar-refractivity contribution in [1.82, 2.24) is 4.98 Å². The van der Waals surface area contributed by atoms with E-state index >= 15 is 0 Å². The summed E-state index contributed by atoms with van der Waals surface area (Å²) in [5.74, 6) is 0.785. The fourth-order valence-corrected chi connectivity index (χ4v) is 1.39. The van der Waals surface area contributed by atoms with Crippen LogP contribution < -0.4 is 5.32 Å². The van der Waals surface area contributed by atoms with Gasteiger partial charge in [0.05, 0.1) is 5.69 Å². The molecule has 14 heavy (non-hydrogen) atoms. The average molecular weight is 192 g/mol. The van der Waals surface area contributed by atoms with Crippen molar-refractivity contribution in [3.05, 3.63) is 24.5 Å². The first-order valence-corrected chi connectivity index (χ1v) is 5.35. The van der Waals surface area contributed by atoms with Gasteiger partial charge >= 0.3 is 0 Å². The fourth-order valence-electron chi connectivity index (χ4n) is 1.39. The lowest BCUT2D eigenvalue weighted by Crippen LogP contribution is -2.15. The molecule has 0 spiro atoms. The first kappa shape index (κ1) is 11.0. The van der Waals surface area contributed by atoms with Crippen molar-refractivity contribution in [2.75, 3.05) is 5.32 Å². The average Bonchev–Trinajstić information content (AvgIpc) is 2.16. The molecule has 0 saturated heterocycles. The Morgan fingerprint density at radius 3 is 2.64 bits per heavy atom. The van der Waals surface area contributed by atoms with Crippen LogP contribution in [0.4, 0.5) is 5.69 Å². The van der Waals surface area contributed by atoms with Gasteiger partial charge in [-0.05, 0) is 37.8 Å². The molecule has 0 aliphatic heterocycles. The van der Waals surface area contributed by atoms with E-state index in [0.29, 0.717) is 6.04 Å². The Hall–Kier alpha value is -1.05. The third-order valence-corrected chi connectivity index (χ3v) is 2.25. The van der Waals surface area contributed by atoms with Crippen LogP contribution in [0.15, 0.2) is 24.5 Å². The maximum Gasteiger partial charge on any atom is 0.0528 e. The van der Waals surface area contributed by atoms with Crippen LogP contribution in [0.5, 0.6) is 0 Å². The highest BCUT2D eigenvalue weighted by atomic mass is 14.9. The highest BCUT2D eigenvalue weighted by Crippen LogP contribution is 2.11. The van der Waals surface area contributed by atoms with Gasteiger partial charge < -0.3 is 5.32 Å². The van der Waals surface area contributed by atoms with E-state index in [2.05, 4.69) is 37.1 Å². The summed E-state index contributed by atoms with van der Waals surface area (Å²) >= 11 is 0. The van der Waals surface area contributed by atoms with Gasteiger partial charge in [-0.15, -0.1) is 0 Å². The Morgan fingerprint density at radius 1 is 1.29 bits per heavy atom. The van der Waals surface area contributed by atoms with Crippen LogP contribution in [0, 0.1) is 5.92 Å². The normalized spacial score (nSPS) is 12.9. The van der Waals surface area contributed by atoms with Crippen LogP contribution in [-0.4, -0.2) is 11.0 Å². The molecule has 0 fully saturated rings. The van der Waals surface area contributed by atoms with E-state index < -0.39 is 0 Å². The Labute approximate surface area is 86.8 Å². The van der Waals surface area contributed by atoms with Crippen molar-refractivity contribution in [2.24, 2.45) is 5.92 Å². The lowest BCUT2D eigenvalue weighted by molar-refractivity contribution is 0.527. The molecule has 2 heteroatoms. The molecular weight excluding hydrogens is 172 g/mol. The number of nitrogens with one attached hydrogen (secondary N) is 1. The lowest BCUT2D eigenvalue weighted by Gasteiger charge is -2.15. The summed E-state index contributed by atoms with van der Waals surface area (Å²) in [6.07, 6.45) is 6.15. The summed E-state index contributed by atoms with van der Waals surface area (Å²) in [5.41, 5.74) is 1.11. The number of pyridine rings is 1. The minimum atomic E-state index is 0.529. The van der Waals surface area contributed by atoms with E-state index in [4.69, 9.17) is 0 Å². The zero-order chi connectivity index (χ0) is 10.4. The number of hydrogen-bond acceptors (Lipinski definition) is 2. The van der Waals surface area contributed by atoms with E-state index in [9.17, 15) is 0 Å². The molecule has 0 saturated carbocycles. The topological polar surface area (TPSA) is 24.9 Å². The van der Waals surface area contributed by atoms with Gasteiger partial charge in [-0.1, -0.05) is 13.8 Å². The Bertz CT molecular complexity index is 244. The molecule has 0 amide bonds. The summed E-state index contributed by atoms with van der Waals surface area (Å²) in [5, 5.41) is 3.43. The van der Waals surface area contributed by atoms with Crippen LogP contribution in [-0.2, 0) is 0 Å². The minimum absolute atomic E-state index is 0.529. The zero-order valence-electron chi connectivity index (χ0n) is 9.33. The highest BCUT2D eigenvalue weighted by Gasteiger charge is 2.02. The summed E-state index contributed by atoms with van der Waals surface area (Å²) < 4.78 is 0. The van der Waals surface area contributed by atoms with E-state index in [1.165, 1.54) is 12.8 Å². The standard InChI is InChI=1S/C12H20N2/c1-10(2)6-7-11(3)14-12-5-4-8-13-9-12/h4-5,8-11,14H,6-7H2,1-3H3. The van der Waals surface area contributed by atoms with Crippen LogP contribution >= 0.6 is 0 Å². The van der Waals surface area contributed by atoms with Gasteiger partial charge in [0.15, 0.2) is 0 Å². The SMILES string of the molecule is CC(C)CCC(C)Nc1cccnc1. The molecule has 1 aromatic heterocycles. The van der Waals surface area contributed by atoms with E-state index in [1.807, 2.05) is 12.3 Å². The third-order valence-electron chi connectivity index (χ3n) is 2.25. The Balaban J connectivity index is 2.30. The van der Waals surface area contributed by atoms with Gasteiger partial charge in [0.2, 0.25) is 0 Å². The fraction of sp³-hybridized carbons (Fsp3) is 0.583. The van der Waals surface area contributed by atoms with E-state index in [-0.39, 0.29) is 0 Å². The predicted octanol–water partition coefficient (Wildman–Crippen LogP) is 3.32. The summed E-state index contributed by atoms with van der Waals surface area (Å²) in [4.78, 5) is 4.07. The smallest absolute Gasteiger partial charge is 0.0528 e. The molecule has 0 radical (unpaired) electrons. The van der Waals surface area contributed by atoms with Gasteiger partial charge in [0.25, 0.3) is 0 Å². The first-order valence-electron chi connectivity index (χ1n) is 5.35. The maximum absolute atomic E-state index is 4.07. The number of aromatic nitrogens is 1. The molecule has 1 aromatic rings. The second kappa shape index (κ2) is 5.63. The second-order valence-corrected chi connectivity index (χ2v) is 4.26. The molecule has 1 heterocycles. The van der Waals surface area contributed by atoms with Crippen molar-refractivity contribution in [2.45, 2.75) is 39.7 Å². The molecule has 1 atom stereocenters. The second-order valence-electron chi connectivity index (χ2n) is 4.26. The van der Waals surface area contributed by atoms with Crippen molar-refractivity contribution < 1.29 is 0 Å². The van der Waals surface area contributed by atoms with E-state index in [0.717, 1.165) is 11.6 Å². The molecule has 0 aromatic carbocycles. The van der Waals surface area contributed by atoms with Crippen LogP contribution in [0.25, 0.3) is 0 Å². The number of hydrogen-bond donors (Lipinski definition) is 1. The van der Waals surface area contributed by atoms with Gasteiger partial charge in [-0.3, -0.25) is 4.98 Å². The van der Waals surface area contributed by atoms with Crippen LogP contribution in [0.3, 0.4) is 0 Å². The largest absolute Gasteiger partial charge is 0.381 e. The summed E-state index contributed by atoms with van der Waals surface area (Å²) in [7, 11) is 0. The molecule has 0 bridgehead atoms. The van der Waals surface area contributed by atoms with E-state index in [1.54, 1.807) is 6.20 Å². The molecular formula is C12H20N2. The van der Waals surface area contributed by atoms with Crippen molar-refractivity contribution in [3.63, 3.8) is 0 Å². The summed E-state index contributed by atoms with van der Waals surface area (Å²) in [6.45, 7) is 6.74. The maximum atomic E-state index is 4.07. The van der Waals surface area contributed by atoms with Gasteiger partial charge in [-0.2, -0.15) is 0 Å². The number of rotatable bonds is 5. The predicted molar refractivity (Wildman–Crippen MR) is 61.4 cm³/mol. The number of anilines is 1. The van der Waals surface area contributed by atoms with Gasteiger partial charge in [-0.25, -0.2) is 0 Å². The molecule has 1 rings (SSSR count). The molecule has 2 nitrogen and oxygen atoms in total. The molecule has 1 N–H and O–H groups in total. The van der Waals surface area contributed by atoms with Gasteiger partial charge in [0, 0.05) is 18.4 Å². The molecule has 0 aliphatic carbocycles. The minimum Gasteiger partial charge on any atom is -0.381 e. The molecule has 1 unspecified atom stereocenters. The van der Waals surface area contributed by atoms with Crippen molar-refractivity contribution in [3.8, 4) is 0 Å². The zero-order valence-corrected chi connectivity index (χ0v) is 9.33. The van der Waals surface area contributed by atoms with Gasteiger partial charge in [0.1, 0.15) is 0 Å². The van der Waals surface area contributed by atoms with Crippen LogP contribution in [0.1, 0.15) is 33.6 Å². The molecule has 78 valence electrons. The Morgan fingerprint density at radius 2 is 2.07 bits per heavy atom. The van der Waals surface area contributed by atoms with Crippen molar-refractivity contribution >= 4 is 5.69 Å². The Kier molecular flexibility index (Phi) is 4.44. The number of nitrogens with zero attached hydrogens (tertiary/aromatic N) is 1.